The average molecular weight is 310 g/mol. The maximum atomic E-state index is 13.5. The van der Waals surface area contributed by atoms with Gasteiger partial charge in [-0.15, -0.1) is 0 Å². The maximum absolute atomic E-state index is 13.5. The van der Waals surface area contributed by atoms with Crippen molar-refractivity contribution in [2.24, 2.45) is 0 Å². The molecule has 0 saturated carbocycles. The first kappa shape index (κ1) is 15.3. The number of carbonyl (C=O) groups is 1. The highest BCUT2D eigenvalue weighted by molar-refractivity contribution is 6.06. The molecule has 0 fully saturated rings. The van der Waals surface area contributed by atoms with Crippen LogP contribution in [-0.2, 0) is 6.54 Å². The van der Waals surface area contributed by atoms with Crippen molar-refractivity contribution in [1.29, 1.82) is 0 Å². The van der Waals surface area contributed by atoms with Gasteiger partial charge < -0.3 is 9.88 Å². The van der Waals surface area contributed by atoms with Gasteiger partial charge in [0.1, 0.15) is 5.82 Å². The molecular weight excluding hydrogens is 291 g/mol. The second-order valence-corrected chi connectivity index (χ2v) is 5.90. The first-order chi connectivity index (χ1) is 11.1. The first-order valence-electron chi connectivity index (χ1n) is 7.68. The molecule has 0 aliphatic carbocycles. The summed E-state index contributed by atoms with van der Waals surface area (Å²) in [6, 6.07) is 14.3. The topological polar surface area (TPSA) is 36.1 Å². The number of rotatable bonds is 4. The van der Waals surface area contributed by atoms with Gasteiger partial charge in [0.05, 0.1) is 5.56 Å². The van der Waals surface area contributed by atoms with Gasteiger partial charge in [0.2, 0.25) is 0 Å². The van der Waals surface area contributed by atoms with Crippen molar-refractivity contribution in [3.05, 3.63) is 71.7 Å². The molecule has 3 nitrogen and oxygen atoms in total. The van der Waals surface area contributed by atoms with Crippen LogP contribution in [0.2, 0.25) is 0 Å². The molecule has 1 N–H and O–H groups in total. The molecule has 1 amide bonds. The summed E-state index contributed by atoms with van der Waals surface area (Å²) in [5, 5.41) is 0.619. The number of amides is 1. The van der Waals surface area contributed by atoms with Crippen LogP contribution < -0.4 is 0 Å². The summed E-state index contributed by atoms with van der Waals surface area (Å²) < 4.78 is 13.5. The first-order valence-corrected chi connectivity index (χ1v) is 7.68. The van der Waals surface area contributed by atoms with Crippen LogP contribution in [0, 0.1) is 5.82 Å². The van der Waals surface area contributed by atoms with Gasteiger partial charge in [0.15, 0.2) is 0 Å². The zero-order chi connectivity index (χ0) is 16.4. The predicted octanol–water partition coefficient (Wildman–Crippen LogP) is 4.36. The van der Waals surface area contributed by atoms with Gasteiger partial charge in [-0.25, -0.2) is 4.39 Å². The number of fused-ring (bicyclic) bond motifs is 1. The number of carbonyl (C=O) groups excluding carboxylic acids is 1. The fourth-order valence-electron chi connectivity index (χ4n) is 2.69. The molecule has 3 aromatic rings. The van der Waals surface area contributed by atoms with Crippen LogP contribution in [0.25, 0.3) is 10.9 Å². The Hall–Kier alpha value is -2.62. The number of hydrogen-bond acceptors (Lipinski definition) is 1. The summed E-state index contributed by atoms with van der Waals surface area (Å²) in [4.78, 5) is 17.8. The van der Waals surface area contributed by atoms with Crippen LogP contribution in [0.5, 0.6) is 0 Å². The zero-order valence-electron chi connectivity index (χ0n) is 13.2. The van der Waals surface area contributed by atoms with Crippen molar-refractivity contribution in [2.75, 3.05) is 0 Å². The van der Waals surface area contributed by atoms with Gasteiger partial charge in [0.25, 0.3) is 5.91 Å². The number of aromatic nitrogens is 1. The summed E-state index contributed by atoms with van der Waals surface area (Å²) in [7, 11) is 0. The number of H-pyrrole nitrogens is 1. The van der Waals surface area contributed by atoms with Crippen molar-refractivity contribution in [3.8, 4) is 0 Å². The Morgan fingerprint density at radius 3 is 2.61 bits per heavy atom. The third-order valence-corrected chi connectivity index (χ3v) is 3.95. The number of aromatic amines is 1. The number of halogens is 1. The molecule has 3 rings (SSSR count). The van der Waals surface area contributed by atoms with E-state index in [0.29, 0.717) is 17.5 Å². The van der Waals surface area contributed by atoms with E-state index in [9.17, 15) is 9.18 Å². The Balaban J connectivity index is 1.95. The van der Waals surface area contributed by atoms with Gasteiger partial charge in [-0.2, -0.15) is 0 Å². The fraction of sp³-hybridized carbons (Fsp3) is 0.211. The molecule has 0 saturated heterocycles. The molecule has 0 unspecified atom stereocenters. The molecule has 0 bridgehead atoms. The van der Waals surface area contributed by atoms with Gasteiger partial charge >= 0.3 is 0 Å². The minimum Gasteiger partial charge on any atom is -0.360 e. The molecule has 23 heavy (non-hydrogen) atoms. The van der Waals surface area contributed by atoms with Gasteiger partial charge in [-0.05, 0) is 37.6 Å². The number of hydrogen-bond donors (Lipinski definition) is 1. The summed E-state index contributed by atoms with van der Waals surface area (Å²) in [6.45, 7) is 4.49. The lowest BCUT2D eigenvalue weighted by Gasteiger charge is -2.26. The van der Waals surface area contributed by atoms with Crippen molar-refractivity contribution >= 4 is 16.8 Å². The monoisotopic (exact) mass is 310 g/mol. The fourth-order valence-corrected chi connectivity index (χ4v) is 2.69. The lowest BCUT2D eigenvalue weighted by Crippen LogP contribution is -2.36. The van der Waals surface area contributed by atoms with Crippen LogP contribution in [0.15, 0.2) is 54.7 Å². The smallest absolute Gasteiger partial charge is 0.256 e. The van der Waals surface area contributed by atoms with E-state index < -0.39 is 0 Å². The largest absolute Gasteiger partial charge is 0.360 e. The second kappa shape index (κ2) is 6.24. The zero-order valence-corrected chi connectivity index (χ0v) is 13.2. The van der Waals surface area contributed by atoms with E-state index >= 15 is 0 Å². The third-order valence-electron chi connectivity index (χ3n) is 3.95. The van der Waals surface area contributed by atoms with Crippen LogP contribution in [0.4, 0.5) is 4.39 Å². The minimum absolute atomic E-state index is 0.0428. The van der Waals surface area contributed by atoms with E-state index in [1.807, 2.05) is 44.2 Å². The average Bonchev–Trinajstić information content (AvgIpc) is 2.95. The molecule has 0 spiro atoms. The lowest BCUT2D eigenvalue weighted by atomic mass is 10.1. The molecule has 0 aliphatic rings. The third kappa shape index (κ3) is 3.11. The van der Waals surface area contributed by atoms with Crippen molar-refractivity contribution < 1.29 is 9.18 Å². The van der Waals surface area contributed by atoms with E-state index in [1.54, 1.807) is 17.2 Å². The van der Waals surface area contributed by atoms with Crippen LogP contribution >= 0.6 is 0 Å². The molecular formula is C19H19FN2O. The maximum Gasteiger partial charge on any atom is 0.256 e. The molecule has 1 heterocycles. The molecule has 118 valence electrons. The SMILES string of the molecule is CC(C)N(Cc1ccccc1)C(=O)c1c[nH]c2ccc(F)cc12. The molecule has 0 atom stereocenters. The Kier molecular flexibility index (Phi) is 4.15. The molecule has 0 aliphatic heterocycles. The number of nitrogens with one attached hydrogen (secondary N) is 1. The standard InChI is InChI=1S/C19H19FN2O/c1-13(2)22(12-14-6-4-3-5-7-14)19(23)17-11-21-18-9-8-15(20)10-16(17)18/h3-11,13,21H,12H2,1-2H3. The summed E-state index contributed by atoms with van der Waals surface area (Å²) in [5.41, 5.74) is 2.34. The summed E-state index contributed by atoms with van der Waals surface area (Å²) in [6.07, 6.45) is 1.66. The van der Waals surface area contributed by atoms with E-state index in [4.69, 9.17) is 0 Å². The van der Waals surface area contributed by atoms with Crippen molar-refractivity contribution in [3.63, 3.8) is 0 Å². The molecule has 0 radical (unpaired) electrons. The van der Waals surface area contributed by atoms with E-state index in [-0.39, 0.29) is 17.8 Å². The second-order valence-electron chi connectivity index (χ2n) is 5.90. The van der Waals surface area contributed by atoms with Crippen molar-refractivity contribution in [2.45, 2.75) is 26.4 Å². The van der Waals surface area contributed by atoms with Crippen molar-refractivity contribution in [1.82, 2.24) is 9.88 Å². The summed E-state index contributed by atoms with van der Waals surface area (Å²) >= 11 is 0. The van der Waals surface area contributed by atoms with Crippen LogP contribution in [0.1, 0.15) is 29.8 Å². The number of benzene rings is 2. The highest BCUT2D eigenvalue weighted by Crippen LogP contribution is 2.22. The molecule has 4 heteroatoms. The highest BCUT2D eigenvalue weighted by Gasteiger charge is 2.22. The minimum atomic E-state index is -0.342. The predicted molar refractivity (Wildman–Crippen MR) is 89.7 cm³/mol. The highest BCUT2D eigenvalue weighted by atomic mass is 19.1. The molecule has 1 aromatic heterocycles. The van der Waals surface area contributed by atoms with Crippen LogP contribution in [-0.4, -0.2) is 21.8 Å². The van der Waals surface area contributed by atoms with Crippen LogP contribution in [0.3, 0.4) is 0 Å². The van der Waals surface area contributed by atoms with E-state index in [0.717, 1.165) is 11.1 Å². The Bertz CT molecular complexity index is 824. The quantitative estimate of drug-likeness (QED) is 0.763. The van der Waals surface area contributed by atoms with Gasteiger partial charge in [-0.1, -0.05) is 30.3 Å². The Labute approximate surface area is 134 Å². The Morgan fingerprint density at radius 2 is 1.91 bits per heavy atom. The molecule has 2 aromatic carbocycles. The number of nitrogens with zero attached hydrogens (tertiary/aromatic N) is 1. The lowest BCUT2D eigenvalue weighted by molar-refractivity contribution is 0.0692. The normalized spacial score (nSPS) is 11.1. The van der Waals surface area contributed by atoms with E-state index in [2.05, 4.69) is 4.98 Å². The van der Waals surface area contributed by atoms with E-state index in [1.165, 1.54) is 12.1 Å². The van der Waals surface area contributed by atoms with Gasteiger partial charge in [-0.3, -0.25) is 4.79 Å². The van der Waals surface area contributed by atoms with Gasteiger partial charge in [0, 0.05) is 29.7 Å². The summed E-state index contributed by atoms with van der Waals surface area (Å²) in [5.74, 6) is -0.439. The Morgan fingerprint density at radius 1 is 1.17 bits per heavy atom.